The Bertz CT molecular complexity index is 1110. The molecule has 0 bridgehead atoms. The van der Waals surface area contributed by atoms with Crippen molar-refractivity contribution in [1.82, 2.24) is 10.7 Å². The van der Waals surface area contributed by atoms with Crippen LogP contribution in [0.15, 0.2) is 89.7 Å². The van der Waals surface area contributed by atoms with Crippen molar-refractivity contribution in [3.05, 3.63) is 101 Å². The molecule has 0 aliphatic heterocycles. The number of ether oxygens (including phenoxy) is 1. The molecule has 0 fully saturated rings. The molecule has 0 saturated carbocycles. The molecule has 0 unspecified atom stereocenters. The number of amides is 2. The average molecular weight is 415 g/mol. The van der Waals surface area contributed by atoms with Gasteiger partial charge in [0.2, 0.25) is 0 Å². The molecule has 0 saturated heterocycles. The number of hydrogen-bond donors (Lipinski definition) is 3. The molecule has 3 N–H and O–H groups in total. The fourth-order valence-electron chi connectivity index (χ4n) is 2.64. The van der Waals surface area contributed by atoms with E-state index < -0.39 is 11.8 Å². The first-order valence-electron chi connectivity index (χ1n) is 9.40. The molecule has 156 valence electrons. The lowest BCUT2D eigenvalue weighted by atomic mass is 10.1. The summed E-state index contributed by atoms with van der Waals surface area (Å²) in [4.78, 5) is 25.2. The predicted octanol–water partition coefficient (Wildman–Crippen LogP) is 3.32. The minimum Gasteiger partial charge on any atom is -0.507 e. The third-order valence-corrected chi connectivity index (χ3v) is 4.25. The van der Waals surface area contributed by atoms with Gasteiger partial charge in [-0.3, -0.25) is 9.59 Å². The van der Waals surface area contributed by atoms with Crippen LogP contribution in [0.5, 0.6) is 11.5 Å². The van der Waals surface area contributed by atoms with Crippen LogP contribution in [0.4, 0.5) is 0 Å². The van der Waals surface area contributed by atoms with E-state index in [0.29, 0.717) is 16.9 Å². The standard InChI is InChI=1S/C24H21N3O4/c1-31-20-13-12-19(22(28)15-20)16-25-27-24(30)21(14-17-8-4-2-5-9-17)26-23(29)18-10-6-3-7-11-18/h2-16,28H,1H3,(H,26,29)(H,27,30)/b21-14-,25-16-. The Morgan fingerprint density at radius 3 is 2.29 bits per heavy atom. The van der Waals surface area contributed by atoms with Gasteiger partial charge in [-0.25, -0.2) is 5.43 Å². The summed E-state index contributed by atoms with van der Waals surface area (Å²) >= 11 is 0. The van der Waals surface area contributed by atoms with E-state index in [-0.39, 0.29) is 11.4 Å². The number of nitrogens with zero attached hydrogens (tertiary/aromatic N) is 1. The van der Waals surface area contributed by atoms with Crippen LogP contribution in [-0.2, 0) is 4.79 Å². The van der Waals surface area contributed by atoms with Crippen molar-refractivity contribution in [1.29, 1.82) is 0 Å². The van der Waals surface area contributed by atoms with Crippen molar-refractivity contribution >= 4 is 24.1 Å². The second kappa shape index (κ2) is 10.4. The van der Waals surface area contributed by atoms with Crippen LogP contribution in [-0.4, -0.2) is 30.2 Å². The molecule has 0 aliphatic rings. The lowest BCUT2D eigenvalue weighted by molar-refractivity contribution is -0.117. The van der Waals surface area contributed by atoms with E-state index in [2.05, 4.69) is 15.8 Å². The molecule has 3 aromatic carbocycles. The Kier molecular flexibility index (Phi) is 7.16. The zero-order valence-electron chi connectivity index (χ0n) is 16.8. The number of hydrazone groups is 1. The number of hydrogen-bond acceptors (Lipinski definition) is 5. The van der Waals surface area contributed by atoms with Crippen LogP contribution < -0.4 is 15.5 Å². The zero-order valence-corrected chi connectivity index (χ0v) is 16.8. The van der Waals surface area contributed by atoms with Gasteiger partial charge in [0.15, 0.2) is 0 Å². The molecule has 0 aromatic heterocycles. The molecular formula is C24H21N3O4. The Morgan fingerprint density at radius 2 is 1.65 bits per heavy atom. The first-order valence-corrected chi connectivity index (χ1v) is 9.40. The number of benzene rings is 3. The number of rotatable bonds is 7. The van der Waals surface area contributed by atoms with Crippen molar-refractivity contribution < 1.29 is 19.4 Å². The van der Waals surface area contributed by atoms with Gasteiger partial charge < -0.3 is 15.2 Å². The number of nitrogens with one attached hydrogen (secondary N) is 2. The summed E-state index contributed by atoms with van der Waals surface area (Å²) in [6, 6.07) is 22.4. The first kappa shape index (κ1) is 21.3. The normalized spacial score (nSPS) is 11.2. The SMILES string of the molecule is COc1ccc(/C=N\NC(=O)/C(=C/c2ccccc2)NC(=O)c2ccccc2)c(O)c1. The third kappa shape index (κ3) is 6.04. The Morgan fingerprint density at radius 1 is 0.968 bits per heavy atom. The quantitative estimate of drug-likeness (QED) is 0.313. The van der Waals surface area contributed by atoms with Crippen LogP contribution in [0.1, 0.15) is 21.5 Å². The highest BCUT2D eigenvalue weighted by Gasteiger charge is 2.14. The van der Waals surface area contributed by atoms with Gasteiger partial charge in [0, 0.05) is 17.2 Å². The predicted molar refractivity (Wildman–Crippen MR) is 119 cm³/mol. The van der Waals surface area contributed by atoms with Gasteiger partial charge >= 0.3 is 0 Å². The maximum absolute atomic E-state index is 12.7. The number of phenolic OH excluding ortho intramolecular Hbond substituents is 1. The smallest absolute Gasteiger partial charge is 0.287 e. The van der Waals surface area contributed by atoms with E-state index in [1.165, 1.54) is 19.4 Å². The lowest BCUT2D eigenvalue weighted by Gasteiger charge is -2.09. The second-order valence-electron chi connectivity index (χ2n) is 6.41. The van der Waals surface area contributed by atoms with E-state index >= 15 is 0 Å². The van der Waals surface area contributed by atoms with E-state index in [1.54, 1.807) is 60.7 Å². The molecule has 31 heavy (non-hydrogen) atoms. The van der Waals surface area contributed by atoms with Gasteiger partial charge in [0.05, 0.1) is 13.3 Å². The maximum atomic E-state index is 12.7. The third-order valence-electron chi connectivity index (χ3n) is 4.25. The van der Waals surface area contributed by atoms with E-state index in [9.17, 15) is 14.7 Å². The summed E-state index contributed by atoms with van der Waals surface area (Å²) in [6.45, 7) is 0. The molecular weight excluding hydrogens is 394 g/mol. The van der Waals surface area contributed by atoms with Crippen molar-refractivity contribution in [2.24, 2.45) is 5.10 Å². The summed E-state index contributed by atoms with van der Waals surface area (Å²) in [5, 5.41) is 16.5. The number of carbonyl (C=O) groups is 2. The van der Waals surface area contributed by atoms with Gasteiger partial charge in [0.1, 0.15) is 17.2 Å². The fourth-order valence-corrected chi connectivity index (χ4v) is 2.64. The molecule has 3 aromatic rings. The van der Waals surface area contributed by atoms with Crippen LogP contribution in [0.25, 0.3) is 6.08 Å². The number of aromatic hydroxyl groups is 1. The fraction of sp³-hybridized carbons (Fsp3) is 0.0417. The average Bonchev–Trinajstić information content (AvgIpc) is 2.80. The molecule has 0 heterocycles. The summed E-state index contributed by atoms with van der Waals surface area (Å²) in [7, 11) is 1.49. The maximum Gasteiger partial charge on any atom is 0.287 e. The van der Waals surface area contributed by atoms with Gasteiger partial charge in [0.25, 0.3) is 11.8 Å². The molecule has 2 amide bonds. The van der Waals surface area contributed by atoms with Crippen molar-refractivity contribution in [3.8, 4) is 11.5 Å². The summed E-state index contributed by atoms with van der Waals surface area (Å²) < 4.78 is 5.03. The van der Waals surface area contributed by atoms with E-state index in [0.717, 1.165) is 5.56 Å². The molecule has 0 radical (unpaired) electrons. The van der Waals surface area contributed by atoms with Crippen LogP contribution in [0, 0.1) is 0 Å². The number of phenols is 1. The summed E-state index contributed by atoms with van der Waals surface area (Å²) in [5.41, 5.74) is 3.94. The van der Waals surface area contributed by atoms with E-state index in [1.807, 2.05) is 18.2 Å². The van der Waals surface area contributed by atoms with E-state index in [4.69, 9.17) is 4.74 Å². The first-order chi connectivity index (χ1) is 15.1. The molecule has 7 heteroatoms. The summed E-state index contributed by atoms with van der Waals surface area (Å²) in [5.74, 6) is -0.586. The monoisotopic (exact) mass is 415 g/mol. The lowest BCUT2D eigenvalue weighted by Crippen LogP contribution is -2.32. The van der Waals surface area contributed by atoms with Crippen LogP contribution >= 0.6 is 0 Å². The van der Waals surface area contributed by atoms with Crippen LogP contribution in [0.3, 0.4) is 0 Å². The van der Waals surface area contributed by atoms with Crippen LogP contribution in [0.2, 0.25) is 0 Å². The van der Waals surface area contributed by atoms with Crippen molar-refractivity contribution in [2.45, 2.75) is 0 Å². The van der Waals surface area contributed by atoms with Crippen molar-refractivity contribution in [2.75, 3.05) is 7.11 Å². The zero-order chi connectivity index (χ0) is 22.1. The molecule has 0 atom stereocenters. The van der Waals surface area contributed by atoms with Gasteiger partial charge in [-0.1, -0.05) is 48.5 Å². The molecule has 3 rings (SSSR count). The van der Waals surface area contributed by atoms with Gasteiger partial charge in [-0.15, -0.1) is 0 Å². The van der Waals surface area contributed by atoms with Crippen molar-refractivity contribution in [3.63, 3.8) is 0 Å². The topological polar surface area (TPSA) is 100 Å². The largest absolute Gasteiger partial charge is 0.507 e. The second-order valence-corrected chi connectivity index (χ2v) is 6.41. The molecule has 7 nitrogen and oxygen atoms in total. The molecule has 0 aliphatic carbocycles. The highest BCUT2D eigenvalue weighted by Crippen LogP contribution is 2.21. The Hall–Kier alpha value is -4.39. The Balaban J connectivity index is 1.77. The minimum absolute atomic E-state index is 0.0242. The number of methoxy groups -OCH3 is 1. The Labute approximate surface area is 179 Å². The summed E-state index contributed by atoms with van der Waals surface area (Å²) in [6.07, 6.45) is 2.85. The molecule has 0 spiro atoms. The number of carbonyl (C=O) groups excluding carboxylic acids is 2. The van der Waals surface area contributed by atoms with Gasteiger partial charge in [-0.2, -0.15) is 5.10 Å². The highest BCUT2D eigenvalue weighted by molar-refractivity contribution is 6.05. The highest BCUT2D eigenvalue weighted by atomic mass is 16.5. The minimum atomic E-state index is -0.614. The van der Waals surface area contributed by atoms with Gasteiger partial charge in [-0.05, 0) is 35.9 Å².